The van der Waals surface area contributed by atoms with Gasteiger partial charge in [-0.1, -0.05) is 15.9 Å². The number of benzene rings is 2. The smallest absolute Gasteiger partial charge is 0.277 e. The Morgan fingerprint density at radius 3 is 2.45 bits per heavy atom. The van der Waals surface area contributed by atoms with E-state index in [-0.39, 0.29) is 18.9 Å². The van der Waals surface area contributed by atoms with Crippen molar-refractivity contribution in [3.05, 3.63) is 52.5 Å². The summed E-state index contributed by atoms with van der Waals surface area (Å²) in [5.41, 5.74) is 4.44. The molecule has 0 fully saturated rings. The molecule has 0 atom stereocenters. The highest BCUT2D eigenvalue weighted by atomic mass is 79.9. The molecule has 0 bridgehead atoms. The lowest BCUT2D eigenvalue weighted by Gasteiger charge is -2.09. The Hall–Kier alpha value is -2.87. The average Bonchev–Trinajstić information content (AvgIpc) is 2.67. The van der Waals surface area contributed by atoms with Gasteiger partial charge in [0.2, 0.25) is 5.91 Å². The minimum atomic E-state index is -0.404. The van der Waals surface area contributed by atoms with Crippen LogP contribution in [-0.2, 0) is 9.59 Å². The predicted molar refractivity (Wildman–Crippen MR) is 116 cm³/mol. The second kappa shape index (κ2) is 11.2. The summed E-state index contributed by atoms with van der Waals surface area (Å²) in [6, 6.07) is 12.6. The van der Waals surface area contributed by atoms with Gasteiger partial charge in [-0.05, 0) is 68.8 Å². The van der Waals surface area contributed by atoms with Crippen LogP contribution in [0.2, 0.25) is 0 Å². The van der Waals surface area contributed by atoms with Gasteiger partial charge in [0.25, 0.3) is 5.91 Å². The number of aryl methyl sites for hydroxylation is 1. The zero-order valence-electron chi connectivity index (χ0n) is 16.6. The molecule has 2 rings (SSSR count). The van der Waals surface area contributed by atoms with Crippen LogP contribution in [-0.4, -0.2) is 30.7 Å². The van der Waals surface area contributed by atoms with Gasteiger partial charge >= 0.3 is 0 Å². The first-order valence-corrected chi connectivity index (χ1v) is 9.90. The molecule has 2 aromatic carbocycles. The number of hydrogen-bond acceptors (Lipinski definition) is 5. The molecule has 2 N–H and O–H groups in total. The van der Waals surface area contributed by atoms with Crippen LogP contribution in [0, 0.1) is 6.92 Å². The maximum absolute atomic E-state index is 12.1. The minimum Gasteiger partial charge on any atom is -0.494 e. The quantitative estimate of drug-likeness (QED) is 0.435. The van der Waals surface area contributed by atoms with E-state index in [4.69, 9.17) is 9.47 Å². The molecule has 29 heavy (non-hydrogen) atoms. The fourth-order valence-electron chi connectivity index (χ4n) is 2.39. The van der Waals surface area contributed by atoms with Crippen LogP contribution in [0.5, 0.6) is 11.5 Å². The lowest BCUT2D eigenvalue weighted by Crippen LogP contribution is -2.26. The number of hydrazone groups is 1. The van der Waals surface area contributed by atoms with Gasteiger partial charge in [0.15, 0.2) is 6.61 Å². The molecule has 154 valence electrons. The van der Waals surface area contributed by atoms with Gasteiger partial charge in [0.05, 0.1) is 13.0 Å². The maximum atomic E-state index is 12.1. The molecule has 0 radical (unpaired) electrons. The molecule has 0 aromatic heterocycles. The van der Waals surface area contributed by atoms with Crippen molar-refractivity contribution in [3.63, 3.8) is 0 Å². The Morgan fingerprint density at radius 2 is 1.79 bits per heavy atom. The molecule has 0 saturated heterocycles. The van der Waals surface area contributed by atoms with Crippen molar-refractivity contribution < 1.29 is 19.1 Å². The number of ether oxygens (including phenoxy) is 2. The summed E-state index contributed by atoms with van der Waals surface area (Å²) in [5, 5.41) is 6.71. The van der Waals surface area contributed by atoms with Crippen LogP contribution in [0.15, 0.2) is 52.0 Å². The molecular weight excluding hydrogens is 438 g/mol. The Labute approximate surface area is 178 Å². The van der Waals surface area contributed by atoms with Crippen molar-refractivity contribution in [2.45, 2.75) is 27.2 Å². The Kier molecular flexibility index (Phi) is 8.67. The highest BCUT2D eigenvalue weighted by molar-refractivity contribution is 9.10. The molecule has 0 heterocycles. The Balaban J connectivity index is 1.76. The molecule has 8 heteroatoms. The molecule has 0 aliphatic heterocycles. The van der Waals surface area contributed by atoms with Crippen LogP contribution < -0.4 is 20.2 Å². The van der Waals surface area contributed by atoms with Crippen molar-refractivity contribution >= 4 is 39.1 Å². The van der Waals surface area contributed by atoms with Gasteiger partial charge in [-0.25, -0.2) is 5.43 Å². The van der Waals surface area contributed by atoms with Gasteiger partial charge in [-0.15, -0.1) is 0 Å². The molecular formula is C21H24BrN3O4. The Bertz CT molecular complexity index is 882. The third kappa shape index (κ3) is 7.95. The SMILES string of the molecule is CCOc1ccc(NC(=O)C/C(C)=N\NC(=O)COc2ccc(Br)cc2C)cc1. The first-order valence-electron chi connectivity index (χ1n) is 9.11. The lowest BCUT2D eigenvalue weighted by atomic mass is 10.2. The topological polar surface area (TPSA) is 89.0 Å². The third-order valence-corrected chi connectivity index (χ3v) is 4.23. The van der Waals surface area contributed by atoms with E-state index >= 15 is 0 Å². The summed E-state index contributed by atoms with van der Waals surface area (Å²) >= 11 is 3.38. The van der Waals surface area contributed by atoms with Crippen molar-refractivity contribution in [2.75, 3.05) is 18.5 Å². The third-order valence-electron chi connectivity index (χ3n) is 3.73. The van der Waals surface area contributed by atoms with Gasteiger partial charge in [-0.3, -0.25) is 9.59 Å². The second-order valence-electron chi connectivity index (χ2n) is 6.26. The fourth-order valence-corrected chi connectivity index (χ4v) is 2.86. The maximum Gasteiger partial charge on any atom is 0.277 e. The molecule has 2 aromatic rings. The summed E-state index contributed by atoms with van der Waals surface area (Å²) in [6.07, 6.45) is 0.0557. The van der Waals surface area contributed by atoms with E-state index in [0.29, 0.717) is 23.8 Å². The zero-order valence-corrected chi connectivity index (χ0v) is 18.2. The molecule has 7 nitrogen and oxygen atoms in total. The van der Waals surface area contributed by atoms with Gasteiger partial charge in [0.1, 0.15) is 11.5 Å². The number of anilines is 1. The van der Waals surface area contributed by atoms with Gasteiger partial charge in [0, 0.05) is 15.9 Å². The number of rotatable bonds is 9. The van der Waals surface area contributed by atoms with Crippen LogP contribution in [0.1, 0.15) is 25.8 Å². The standard InChI is InChI=1S/C21H24BrN3O4/c1-4-28-18-8-6-17(7-9-18)23-20(26)12-15(3)24-25-21(27)13-29-19-10-5-16(22)11-14(19)2/h5-11H,4,12-13H2,1-3H3,(H,23,26)(H,25,27)/b24-15-. The van der Waals surface area contributed by atoms with Crippen molar-refractivity contribution in [3.8, 4) is 11.5 Å². The fraction of sp³-hybridized carbons (Fsp3) is 0.286. The Morgan fingerprint density at radius 1 is 1.07 bits per heavy atom. The van der Waals surface area contributed by atoms with E-state index in [2.05, 4.69) is 31.8 Å². The zero-order chi connectivity index (χ0) is 21.2. The van der Waals surface area contributed by atoms with Crippen molar-refractivity contribution in [1.82, 2.24) is 5.43 Å². The van der Waals surface area contributed by atoms with E-state index in [1.165, 1.54) is 0 Å². The van der Waals surface area contributed by atoms with Gasteiger partial charge < -0.3 is 14.8 Å². The molecule has 0 unspecified atom stereocenters. The molecule has 0 aliphatic rings. The normalized spacial score (nSPS) is 11.0. The number of halogens is 1. The number of nitrogens with zero attached hydrogens (tertiary/aromatic N) is 1. The van der Waals surface area contributed by atoms with E-state index in [9.17, 15) is 9.59 Å². The van der Waals surface area contributed by atoms with Crippen LogP contribution in [0.25, 0.3) is 0 Å². The molecule has 0 spiro atoms. The summed E-state index contributed by atoms with van der Waals surface area (Å²) in [6.45, 7) is 5.88. The van der Waals surface area contributed by atoms with Crippen LogP contribution in [0.4, 0.5) is 5.69 Å². The van der Waals surface area contributed by atoms with E-state index in [0.717, 1.165) is 15.8 Å². The number of carbonyl (C=O) groups is 2. The van der Waals surface area contributed by atoms with Crippen LogP contribution >= 0.6 is 15.9 Å². The first-order chi connectivity index (χ1) is 13.9. The summed E-state index contributed by atoms with van der Waals surface area (Å²) in [5.74, 6) is 0.732. The molecule has 0 aliphatic carbocycles. The predicted octanol–water partition coefficient (Wildman–Crippen LogP) is 4.06. The second-order valence-corrected chi connectivity index (χ2v) is 7.18. The summed E-state index contributed by atoms with van der Waals surface area (Å²) < 4.78 is 11.8. The largest absolute Gasteiger partial charge is 0.494 e. The first kappa shape index (κ1) is 22.4. The highest BCUT2D eigenvalue weighted by Crippen LogP contribution is 2.22. The van der Waals surface area contributed by atoms with E-state index in [1.54, 1.807) is 37.3 Å². The van der Waals surface area contributed by atoms with Gasteiger partial charge in [-0.2, -0.15) is 5.10 Å². The van der Waals surface area contributed by atoms with E-state index in [1.807, 2.05) is 26.0 Å². The monoisotopic (exact) mass is 461 g/mol. The number of hydrogen-bond donors (Lipinski definition) is 2. The highest BCUT2D eigenvalue weighted by Gasteiger charge is 2.07. The number of carbonyl (C=O) groups excluding carboxylic acids is 2. The van der Waals surface area contributed by atoms with Crippen molar-refractivity contribution in [2.24, 2.45) is 5.10 Å². The molecule has 2 amide bonds. The summed E-state index contributed by atoms with van der Waals surface area (Å²) in [7, 11) is 0. The number of nitrogens with one attached hydrogen (secondary N) is 2. The summed E-state index contributed by atoms with van der Waals surface area (Å²) in [4.78, 5) is 24.0. The number of amides is 2. The minimum absolute atomic E-state index is 0.0557. The lowest BCUT2D eigenvalue weighted by molar-refractivity contribution is -0.123. The average molecular weight is 462 g/mol. The van der Waals surface area contributed by atoms with Crippen LogP contribution in [0.3, 0.4) is 0 Å². The molecule has 0 saturated carbocycles. The van der Waals surface area contributed by atoms with Crippen molar-refractivity contribution in [1.29, 1.82) is 0 Å². The van der Waals surface area contributed by atoms with E-state index < -0.39 is 5.91 Å².